The molecule has 0 spiro atoms. The molecular weight excluding hydrogens is 491 g/mol. The first kappa shape index (κ1) is 23.8. The molecule has 3 heterocycles. The van der Waals surface area contributed by atoms with Crippen LogP contribution in [0.2, 0.25) is 0 Å². The maximum Gasteiger partial charge on any atom is 0.406 e. The van der Waals surface area contributed by atoms with Gasteiger partial charge >= 0.3 is 6.55 Å². The van der Waals surface area contributed by atoms with E-state index < -0.39 is 6.55 Å². The van der Waals surface area contributed by atoms with E-state index in [1.54, 1.807) is 0 Å². The van der Waals surface area contributed by atoms with Crippen molar-refractivity contribution in [2.45, 2.75) is 0 Å². The second kappa shape index (κ2) is 10.1. The van der Waals surface area contributed by atoms with Gasteiger partial charge < -0.3 is 14.3 Å². The maximum atomic E-state index is 6.95. The van der Waals surface area contributed by atoms with Crippen LogP contribution in [0.5, 0.6) is 0 Å². The minimum Gasteiger partial charge on any atom is -0.674 e. The molecule has 4 nitrogen and oxygen atoms in total. The van der Waals surface area contributed by atoms with Gasteiger partial charge in [-0.1, -0.05) is 121 Å². The molecule has 0 fully saturated rings. The van der Waals surface area contributed by atoms with E-state index in [1.807, 2.05) is 91.0 Å². The lowest BCUT2D eigenvalue weighted by Crippen LogP contribution is -2.63. The van der Waals surface area contributed by atoms with Crippen LogP contribution in [-0.4, -0.2) is 17.2 Å². The zero-order valence-corrected chi connectivity index (χ0v) is 21.8. The van der Waals surface area contributed by atoms with E-state index >= 15 is 0 Å². The summed E-state index contributed by atoms with van der Waals surface area (Å²) >= 11 is 0. The van der Waals surface area contributed by atoms with Gasteiger partial charge in [0.2, 0.25) is 0 Å². The van der Waals surface area contributed by atoms with Crippen molar-refractivity contribution in [3.05, 3.63) is 174 Å². The van der Waals surface area contributed by atoms with Gasteiger partial charge in [0.25, 0.3) is 0 Å². The average molecular weight is 517 g/mol. The number of nitrogens with one attached hydrogen (secondary N) is 1. The van der Waals surface area contributed by atoms with E-state index in [2.05, 4.69) is 65.6 Å². The van der Waals surface area contributed by atoms with Gasteiger partial charge in [-0.2, -0.15) is 0 Å². The molecule has 4 aromatic carbocycles. The molecule has 2 aliphatic rings. The van der Waals surface area contributed by atoms with E-state index in [9.17, 15) is 0 Å². The van der Waals surface area contributed by atoms with E-state index in [1.165, 1.54) is 0 Å². The Morgan fingerprint density at radius 3 is 1.70 bits per heavy atom. The predicted molar refractivity (Wildman–Crippen MR) is 163 cm³/mol. The molecule has 1 aromatic heterocycles. The van der Waals surface area contributed by atoms with Crippen molar-refractivity contribution in [3.8, 4) is 11.3 Å². The van der Waals surface area contributed by atoms with Gasteiger partial charge in [-0.05, 0) is 29.8 Å². The fourth-order valence-corrected chi connectivity index (χ4v) is 5.32. The lowest BCUT2D eigenvalue weighted by Gasteiger charge is -2.48. The Labute approximate surface area is 233 Å². The number of H-pyrrole nitrogens is 1. The van der Waals surface area contributed by atoms with Gasteiger partial charge in [-0.3, -0.25) is 0 Å². The number of aromatic amines is 1. The highest BCUT2D eigenvalue weighted by molar-refractivity contribution is 6.93. The van der Waals surface area contributed by atoms with Crippen molar-refractivity contribution in [1.82, 2.24) is 4.98 Å². The normalized spacial score (nSPS) is 17.5. The number of allylic oxidation sites excluding steroid dienone is 3. The lowest BCUT2D eigenvalue weighted by atomic mass is 9.45. The minimum absolute atomic E-state index is 0.659. The van der Waals surface area contributed by atoms with Crippen LogP contribution in [0.25, 0.3) is 17.0 Å². The molecule has 0 atom stereocenters. The molecule has 2 aliphatic heterocycles. The molecule has 40 heavy (non-hydrogen) atoms. The van der Waals surface area contributed by atoms with E-state index in [0.717, 1.165) is 44.8 Å². The van der Waals surface area contributed by atoms with Crippen LogP contribution in [0.1, 0.15) is 11.3 Å². The summed E-state index contributed by atoms with van der Waals surface area (Å²) in [6, 6.07) is 44.9. The second-order valence-corrected chi connectivity index (χ2v) is 9.88. The number of aliphatic imine (C=N–C) groups is 1. The van der Waals surface area contributed by atoms with Gasteiger partial charge in [0, 0.05) is 17.3 Å². The summed E-state index contributed by atoms with van der Waals surface area (Å²) in [6.07, 6.45) is 5.99. The van der Waals surface area contributed by atoms with Gasteiger partial charge in [-0.25, -0.2) is 4.99 Å². The highest BCUT2D eigenvalue weighted by Crippen LogP contribution is 2.34. The van der Waals surface area contributed by atoms with Crippen LogP contribution in [0.15, 0.2) is 168 Å². The summed E-state index contributed by atoms with van der Waals surface area (Å²) < 4.78 is 13.9. The van der Waals surface area contributed by atoms with Crippen molar-refractivity contribution in [1.29, 1.82) is 0 Å². The minimum atomic E-state index is -2.12. The number of hydrogen-bond acceptors (Lipinski definition) is 3. The fourth-order valence-electron chi connectivity index (χ4n) is 5.32. The molecule has 0 amide bonds. The molecule has 0 bridgehead atoms. The molecule has 0 unspecified atom stereocenters. The van der Waals surface area contributed by atoms with Crippen molar-refractivity contribution < 1.29 is 9.31 Å². The van der Waals surface area contributed by atoms with Gasteiger partial charge in [-0.15, -0.1) is 10.9 Å². The van der Waals surface area contributed by atoms with Crippen LogP contribution in [0.4, 0.5) is 0 Å². The number of rotatable bonds is 5. The molecule has 0 radical (unpaired) electrons. The number of nitrogens with zero attached hydrogens (tertiary/aromatic N) is 1. The first-order chi connectivity index (χ1) is 19.8. The van der Waals surface area contributed by atoms with Gasteiger partial charge in [0.05, 0.1) is 17.2 Å². The molecule has 5 heteroatoms. The first-order valence-corrected chi connectivity index (χ1v) is 13.4. The summed E-state index contributed by atoms with van der Waals surface area (Å²) in [5, 5.41) is 0. The third-order valence-corrected chi connectivity index (χ3v) is 7.32. The zero-order valence-electron chi connectivity index (χ0n) is 21.8. The third kappa shape index (κ3) is 4.38. The summed E-state index contributed by atoms with van der Waals surface area (Å²) in [7, 11) is 0. The van der Waals surface area contributed by atoms with Crippen LogP contribution in [0.3, 0.4) is 0 Å². The van der Waals surface area contributed by atoms with Crippen LogP contribution in [0, 0.1) is 0 Å². The SMILES string of the molecule is C1=C/C(=C2\C=C(c3ccc(-c4ccccc4)[nH]3)O[B-](c3ccccc3)(c3ccccc3)O2)N=C1c1ccccc1. The zero-order chi connectivity index (χ0) is 26.8. The summed E-state index contributed by atoms with van der Waals surface area (Å²) in [6.45, 7) is -2.12. The molecule has 7 rings (SSSR count). The summed E-state index contributed by atoms with van der Waals surface area (Å²) in [4.78, 5) is 8.55. The smallest absolute Gasteiger partial charge is 0.406 e. The molecular formula is C35H26BN2O2-. The van der Waals surface area contributed by atoms with Crippen molar-refractivity contribution >= 4 is 28.9 Å². The Hall–Kier alpha value is -5.29. The average Bonchev–Trinajstić information content (AvgIpc) is 3.74. The molecule has 1 N–H and O–H groups in total. The lowest BCUT2D eigenvalue weighted by molar-refractivity contribution is 0.311. The largest absolute Gasteiger partial charge is 0.674 e. The predicted octanol–water partition coefficient (Wildman–Crippen LogP) is 6.60. The first-order valence-electron chi connectivity index (χ1n) is 13.4. The number of benzene rings is 4. The molecule has 0 saturated carbocycles. The highest BCUT2D eigenvalue weighted by Gasteiger charge is 2.39. The molecule has 192 valence electrons. The molecule has 0 saturated heterocycles. The highest BCUT2D eigenvalue weighted by atomic mass is 16.6. The Morgan fingerprint density at radius 2 is 1.07 bits per heavy atom. The van der Waals surface area contributed by atoms with Crippen LogP contribution < -0.4 is 10.9 Å². The van der Waals surface area contributed by atoms with Crippen LogP contribution >= 0.6 is 0 Å². The third-order valence-electron chi connectivity index (χ3n) is 7.32. The standard InChI is InChI=1S/C35H26BN2O2/c1-5-13-26(14-6-1)30-21-23-32(37-30)34-25-35(33-24-22-31(38-33)27-15-7-2-8-16-27)40-36(39-34,28-17-9-3-10-18-28)29-19-11-4-12-20-29/h1-25,37H/q-1/b35-33-. The molecule has 0 aliphatic carbocycles. The topological polar surface area (TPSA) is 46.6 Å². The van der Waals surface area contributed by atoms with Crippen molar-refractivity contribution in [2.24, 2.45) is 4.99 Å². The van der Waals surface area contributed by atoms with E-state index in [-0.39, 0.29) is 0 Å². The maximum absolute atomic E-state index is 6.95. The number of hydrogen-bond donors (Lipinski definition) is 1. The van der Waals surface area contributed by atoms with Gasteiger partial charge in [0.1, 0.15) is 11.5 Å². The fraction of sp³-hybridized carbons (Fsp3) is 0. The Bertz CT molecular complexity index is 1730. The Morgan fingerprint density at radius 1 is 0.525 bits per heavy atom. The van der Waals surface area contributed by atoms with E-state index in [4.69, 9.17) is 14.3 Å². The second-order valence-electron chi connectivity index (χ2n) is 9.88. The summed E-state index contributed by atoms with van der Waals surface area (Å²) in [5.74, 6) is 1.35. The van der Waals surface area contributed by atoms with Crippen LogP contribution in [-0.2, 0) is 9.31 Å². The summed E-state index contributed by atoms with van der Waals surface area (Å²) in [5.41, 5.74) is 7.60. The Kier molecular flexibility index (Phi) is 6.02. The monoisotopic (exact) mass is 517 g/mol. The number of aromatic nitrogens is 1. The van der Waals surface area contributed by atoms with E-state index in [0.29, 0.717) is 11.5 Å². The molecule has 5 aromatic rings. The van der Waals surface area contributed by atoms with Crippen molar-refractivity contribution in [3.63, 3.8) is 0 Å². The quantitative estimate of drug-likeness (QED) is 0.267. The van der Waals surface area contributed by atoms with Crippen molar-refractivity contribution in [2.75, 3.05) is 0 Å². The Balaban J connectivity index is 1.40. The van der Waals surface area contributed by atoms with Gasteiger partial charge in [0.15, 0.2) is 0 Å².